The van der Waals surface area contributed by atoms with Gasteiger partial charge in [-0.1, -0.05) is 18.2 Å². The third-order valence-electron chi connectivity index (χ3n) is 5.00. The number of benzene rings is 2. The van der Waals surface area contributed by atoms with Gasteiger partial charge in [0.15, 0.2) is 11.6 Å². The number of hydrogen-bond acceptors (Lipinski definition) is 3. The molecule has 1 aliphatic rings. The van der Waals surface area contributed by atoms with Crippen molar-refractivity contribution in [3.8, 4) is 5.75 Å². The monoisotopic (exact) mass is 401 g/mol. The largest absolute Gasteiger partial charge is 0.495 e. The molecule has 29 heavy (non-hydrogen) atoms. The smallest absolute Gasteiger partial charge is 0.324 e. The fourth-order valence-corrected chi connectivity index (χ4v) is 3.36. The molecule has 0 fully saturated rings. The fourth-order valence-electron chi connectivity index (χ4n) is 3.36. The summed E-state index contributed by atoms with van der Waals surface area (Å²) in [5, 5.41) is 2.79. The Kier molecular flexibility index (Phi) is 5.54. The average Bonchev–Trinajstić information content (AvgIpc) is 2.71. The SMILES string of the molecule is COc1ccccc1NC(=O)C1=C(C)N(C)C(=O)N(C)[C@@H]1c1ccc(F)c(F)c1. The number of carbonyl (C=O) groups is 2. The predicted molar refractivity (Wildman–Crippen MR) is 104 cm³/mol. The van der Waals surface area contributed by atoms with E-state index in [1.54, 1.807) is 38.2 Å². The number of likely N-dealkylation sites (N-methyl/N-ethyl adjacent to an activating group) is 1. The number of nitrogens with zero attached hydrogens (tertiary/aromatic N) is 2. The Balaban J connectivity index is 2.09. The molecule has 0 aliphatic carbocycles. The standard InChI is InChI=1S/C21H21F2N3O3/c1-12-18(20(27)24-16-7-5-6-8-17(16)29-4)19(26(3)21(28)25(12)2)13-9-10-14(22)15(23)11-13/h5-11,19H,1-4H3,(H,24,27)/t19-/m1/s1. The summed E-state index contributed by atoms with van der Waals surface area (Å²) in [6, 6.07) is 8.98. The van der Waals surface area contributed by atoms with Crippen molar-refractivity contribution in [2.24, 2.45) is 0 Å². The Morgan fingerprint density at radius 1 is 1.10 bits per heavy atom. The molecule has 1 aliphatic heterocycles. The van der Waals surface area contributed by atoms with Crippen LogP contribution >= 0.6 is 0 Å². The van der Waals surface area contributed by atoms with E-state index in [0.29, 0.717) is 17.1 Å². The molecule has 0 aromatic heterocycles. The number of amides is 3. The van der Waals surface area contributed by atoms with Crippen LogP contribution in [0.25, 0.3) is 0 Å². The van der Waals surface area contributed by atoms with E-state index in [1.807, 2.05) is 0 Å². The van der Waals surface area contributed by atoms with Crippen molar-refractivity contribution in [1.29, 1.82) is 0 Å². The van der Waals surface area contributed by atoms with Crippen LogP contribution in [0.4, 0.5) is 19.3 Å². The fraction of sp³-hybridized carbons (Fsp3) is 0.238. The lowest BCUT2D eigenvalue weighted by atomic mass is 9.92. The Labute approximate surface area is 167 Å². The van der Waals surface area contributed by atoms with Crippen molar-refractivity contribution in [2.45, 2.75) is 13.0 Å². The third kappa shape index (κ3) is 3.65. The highest BCUT2D eigenvalue weighted by molar-refractivity contribution is 6.07. The lowest BCUT2D eigenvalue weighted by Crippen LogP contribution is -2.47. The molecule has 0 saturated heterocycles. The van der Waals surface area contributed by atoms with Crippen LogP contribution in [0.3, 0.4) is 0 Å². The molecular weight excluding hydrogens is 380 g/mol. The van der Waals surface area contributed by atoms with Gasteiger partial charge in [-0.3, -0.25) is 4.79 Å². The molecule has 1 N–H and O–H groups in total. The topological polar surface area (TPSA) is 61.9 Å². The van der Waals surface area contributed by atoms with Crippen LogP contribution in [0.1, 0.15) is 18.5 Å². The van der Waals surface area contributed by atoms with E-state index in [-0.39, 0.29) is 17.2 Å². The van der Waals surface area contributed by atoms with Crippen LogP contribution < -0.4 is 10.1 Å². The molecule has 0 bridgehead atoms. The second kappa shape index (κ2) is 7.90. The summed E-state index contributed by atoms with van der Waals surface area (Å²) < 4.78 is 32.6. The number of rotatable bonds is 4. The summed E-state index contributed by atoms with van der Waals surface area (Å²) in [5.74, 6) is -2.06. The number of carbonyl (C=O) groups excluding carboxylic acids is 2. The highest BCUT2D eigenvalue weighted by atomic mass is 19.2. The molecule has 0 spiro atoms. The molecule has 6 nitrogen and oxygen atoms in total. The number of para-hydroxylation sites is 2. The molecule has 2 aromatic carbocycles. The van der Waals surface area contributed by atoms with Crippen LogP contribution in [-0.2, 0) is 4.79 Å². The van der Waals surface area contributed by atoms with Crippen molar-refractivity contribution in [1.82, 2.24) is 9.80 Å². The number of anilines is 1. The molecule has 3 amide bonds. The zero-order chi connectivity index (χ0) is 21.3. The van der Waals surface area contributed by atoms with Gasteiger partial charge in [0.25, 0.3) is 5.91 Å². The normalized spacial score (nSPS) is 16.9. The van der Waals surface area contributed by atoms with Crippen LogP contribution in [-0.4, -0.2) is 42.9 Å². The number of methoxy groups -OCH3 is 1. The lowest BCUT2D eigenvalue weighted by molar-refractivity contribution is -0.113. The molecular formula is C21H21F2N3O3. The number of allylic oxidation sites excluding steroid dienone is 1. The maximum absolute atomic E-state index is 13.9. The Morgan fingerprint density at radius 2 is 1.79 bits per heavy atom. The highest BCUT2D eigenvalue weighted by Crippen LogP contribution is 2.37. The summed E-state index contributed by atoms with van der Waals surface area (Å²) in [5.41, 5.74) is 1.39. The van der Waals surface area contributed by atoms with Crippen molar-refractivity contribution in [3.05, 3.63) is 70.9 Å². The Bertz CT molecular complexity index is 1010. The third-order valence-corrected chi connectivity index (χ3v) is 5.00. The Hall–Kier alpha value is -3.42. The first kappa shape index (κ1) is 20.3. The molecule has 1 atom stereocenters. The van der Waals surface area contributed by atoms with Gasteiger partial charge in [-0.15, -0.1) is 0 Å². The first-order chi connectivity index (χ1) is 13.8. The summed E-state index contributed by atoms with van der Waals surface area (Å²) >= 11 is 0. The van der Waals surface area contributed by atoms with Gasteiger partial charge < -0.3 is 19.9 Å². The van der Waals surface area contributed by atoms with E-state index in [0.717, 1.165) is 12.1 Å². The van der Waals surface area contributed by atoms with Crippen LogP contribution in [0, 0.1) is 11.6 Å². The minimum Gasteiger partial charge on any atom is -0.495 e. The van der Waals surface area contributed by atoms with E-state index < -0.39 is 23.6 Å². The summed E-state index contributed by atoms with van der Waals surface area (Å²) in [6.45, 7) is 1.63. The molecule has 152 valence electrons. The zero-order valence-electron chi connectivity index (χ0n) is 16.5. The van der Waals surface area contributed by atoms with E-state index in [2.05, 4.69) is 5.32 Å². The number of ether oxygens (including phenoxy) is 1. The molecule has 8 heteroatoms. The Morgan fingerprint density at radius 3 is 2.45 bits per heavy atom. The number of urea groups is 1. The molecule has 1 heterocycles. The molecule has 0 radical (unpaired) electrons. The van der Waals surface area contributed by atoms with Gasteiger partial charge in [-0.2, -0.15) is 0 Å². The molecule has 0 saturated carbocycles. The van der Waals surface area contributed by atoms with Crippen molar-refractivity contribution >= 4 is 17.6 Å². The number of nitrogens with one attached hydrogen (secondary N) is 1. The van der Waals surface area contributed by atoms with Gasteiger partial charge in [0.2, 0.25) is 0 Å². The molecule has 2 aromatic rings. The second-order valence-electron chi connectivity index (χ2n) is 6.68. The van der Waals surface area contributed by atoms with Gasteiger partial charge >= 0.3 is 6.03 Å². The second-order valence-corrected chi connectivity index (χ2v) is 6.68. The summed E-state index contributed by atoms with van der Waals surface area (Å²) in [7, 11) is 4.54. The van der Waals surface area contributed by atoms with Gasteiger partial charge in [-0.25, -0.2) is 13.6 Å². The number of halogens is 2. The lowest BCUT2D eigenvalue weighted by Gasteiger charge is -2.39. The van der Waals surface area contributed by atoms with Crippen LogP contribution in [0.2, 0.25) is 0 Å². The summed E-state index contributed by atoms with van der Waals surface area (Å²) in [6.07, 6.45) is 0. The van der Waals surface area contributed by atoms with Crippen molar-refractivity contribution < 1.29 is 23.1 Å². The van der Waals surface area contributed by atoms with Gasteiger partial charge in [0, 0.05) is 19.8 Å². The first-order valence-corrected chi connectivity index (χ1v) is 8.86. The maximum atomic E-state index is 13.9. The molecule has 3 rings (SSSR count). The van der Waals surface area contributed by atoms with Gasteiger partial charge in [0.05, 0.1) is 24.4 Å². The van der Waals surface area contributed by atoms with E-state index >= 15 is 0 Å². The van der Waals surface area contributed by atoms with Gasteiger partial charge in [0.1, 0.15) is 5.75 Å². The summed E-state index contributed by atoms with van der Waals surface area (Å²) in [4.78, 5) is 28.5. The van der Waals surface area contributed by atoms with Crippen LogP contribution in [0.5, 0.6) is 5.75 Å². The van der Waals surface area contributed by atoms with Gasteiger partial charge in [-0.05, 0) is 36.8 Å². The maximum Gasteiger partial charge on any atom is 0.324 e. The zero-order valence-corrected chi connectivity index (χ0v) is 16.5. The van der Waals surface area contributed by atoms with E-state index in [4.69, 9.17) is 4.74 Å². The molecule has 0 unspecified atom stereocenters. The minimum absolute atomic E-state index is 0.242. The van der Waals surface area contributed by atoms with E-state index in [9.17, 15) is 18.4 Å². The van der Waals surface area contributed by atoms with Crippen LogP contribution in [0.15, 0.2) is 53.7 Å². The number of hydrogen-bond donors (Lipinski definition) is 1. The minimum atomic E-state index is -1.05. The predicted octanol–water partition coefficient (Wildman–Crippen LogP) is 3.92. The highest BCUT2D eigenvalue weighted by Gasteiger charge is 2.38. The van der Waals surface area contributed by atoms with Crippen molar-refractivity contribution in [2.75, 3.05) is 26.5 Å². The van der Waals surface area contributed by atoms with Crippen molar-refractivity contribution in [3.63, 3.8) is 0 Å². The average molecular weight is 401 g/mol. The van der Waals surface area contributed by atoms with E-state index in [1.165, 1.54) is 30.0 Å². The quantitative estimate of drug-likeness (QED) is 0.845. The first-order valence-electron chi connectivity index (χ1n) is 8.86.